The lowest BCUT2D eigenvalue weighted by Gasteiger charge is -2.07. The van der Waals surface area contributed by atoms with Gasteiger partial charge in [-0.1, -0.05) is 23.7 Å². The molecule has 0 bridgehead atoms. The number of fused-ring (bicyclic) bond motifs is 1. The van der Waals surface area contributed by atoms with E-state index in [0.29, 0.717) is 5.75 Å². The molecule has 6 heteroatoms. The first-order valence-electron chi connectivity index (χ1n) is 6.44. The molecule has 21 heavy (non-hydrogen) atoms. The molecule has 0 spiro atoms. The summed E-state index contributed by atoms with van der Waals surface area (Å²) in [5, 5.41) is 9.60. The molecule has 2 rings (SSSR count). The second kappa shape index (κ2) is 7.43. The predicted octanol–water partition coefficient (Wildman–Crippen LogP) is 2.89. The van der Waals surface area contributed by atoms with E-state index in [1.807, 2.05) is 25.1 Å². The summed E-state index contributed by atoms with van der Waals surface area (Å²) in [6.45, 7) is 2.79. The number of aliphatic carboxylic acids is 1. The first kappa shape index (κ1) is 15.8. The van der Waals surface area contributed by atoms with Crippen LogP contribution in [0.1, 0.15) is 5.56 Å². The predicted molar refractivity (Wildman–Crippen MR) is 89.0 cm³/mol. The summed E-state index contributed by atoms with van der Waals surface area (Å²) in [7, 11) is 0. The average molecular weight is 320 g/mol. The molecule has 1 N–H and O–H groups in total. The minimum Gasteiger partial charge on any atom is -0.481 e. The van der Waals surface area contributed by atoms with E-state index in [1.54, 1.807) is 11.8 Å². The van der Waals surface area contributed by atoms with Crippen molar-refractivity contribution < 1.29 is 9.90 Å². The van der Waals surface area contributed by atoms with Crippen molar-refractivity contribution in [1.82, 2.24) is 9.55 Å². The molecule has 2 aromatic rings. The van der Waals surface area contributed by atoms with Gasteiger partial charge in [-0.15, -0.1) is 18.2 Å². The average Bonchev–Trinajstić information content (AvgIpc) is 2.78. The molecule has 0 aliphatic heterocycles. The van der Waals surface area contributed by atoms with Crippen molar-refractivity contribution in [3.8, 4) is 12.3 Å². The number of carbonyl (C=O) groups is 1. The summed E-state index contributed by atoms with van der Waals surface area (Å²) < 4.78 is 2.08. The third-order valence-electron chi connectivity index (χ3n) is 2.84. The Balaban J connectivity index is 2.26. The molecule has 0 saturated carbocycles. The maximum atomic E-state index is 10.8. The van der Waals surface area contributed by atoms with E-state index in [0.717, 1.165) is 34.1 Å². The molecular formula is C15H16N2O2S2. The van der Waals surface area contributed by atoms with Gasteiger partial charge in [0.2, 0.25) is 0 Å². The van der Waals surface area contributed by atoms with E-state index in [1.165, 1.54) is 11.8 Å². The highest BCUT2D eigenvalue weighted by atomic mass is 32.2. The first-order valence-corrected chi connectivity index (χ1v) is 8.58. The Labute approximate surface area is 132 Å². The molecule has 0 amide bonds. The van der Waals surface area contributed by atoms with Crippen molar-refractivity contribution in [2.75, 3.05) is 17.3 Å². The number of benzene rings is 1. The van der Waals surface area contributed by atoms with Gasteiger partial charge in [-0.2, -0.15) is 0 Å². The summed E-state index contributed by atoms with van der Waals surface area (Å²) >= 11 is 2.94. The normalized spacial score (nSPS) is 10.7. The zero-order valence-electron chi connectivity index (χ0n) is 11.7. The lowest BCUT2D eigenvalue weighted by atomic mass is 10.2. The van der Waals surface area contributed by atoms with Crippen molar-refractivity contribution in [3.05, 3.63) is 23.8 Å². The fraction of sp³-hybridized carbons (Fsp3) is 0.333. The van der Waals surface area contributed by atoms with Gasteiger partial charge in [-0.05, 0) is 24.6 Å². The fourth-order valence-corrected chi connectivity index (χ4v) is 3.29. The van der Waals surface area contributed by atoms with Crippen LogP contribution in [-0.4, -0.2) is 37.9 Å². The van der Waals surface area contributed by atoms with E-state index < -0.39 is 5.97 Å². The van der Waals surface area contributed by atoms with E-state index in [4.69, 9.17) is 11.5 Å². The van der Waals surface area contributed by atoms with Crippen molar-refractivity contribution in [1.29, 1.82) is 0 Å². The number of terminal acetylenes is 1. The van der Waals surface area contributed by atoms with E-state index in [-0.39, 0.29) is 5.75 Å². The zero-order chi connectivity index (χ0) is 15.2. The number of imidazole rings is 1. The van der Waals surface area contributed by atoms with Gasteiger partial charge in [0.15, 0.2) is 5.16 Å². The van der Waals surface area contributed by atoms with Gasteiger partial charge in [-0.3, -0.25) is 4.79 Å². The molecule has 4 nitrogen and oxygen atoms in total. The maximum Gasteiger partial charge on any atom is 0.313 e. The number of carboxylic acids is 1. The van der Waals surface area contributed by atoms with Crippen molar-refractivity contribution in [2.24, 2.45) is 0 Å². The third kappa shape index (κ3) is 4.19. The van der Waals surface area contributed by atoms with Crippen LogP contribution in [0.3, 0.4) is 0 Å². The molecule has 1 heterocycles. The largest absolute Gasteiger partial charge is 0.481 e. The summed E-state index contributed by atoms with van der Waals surface area (Å²) in [4.78, 5) is 15.3. The van der Waals surface area contributed by atoms with Crippen LogP contribution in [0.2, 0.25) is 0 Å². The minimum atomic E-state index is -0.837. The quantitative estimate of drug-likeness (QED) is 0.483. The molecule has 0 aliphatic rings. The molecule has 0 atom stereocenters. The highest BCUT2D eigenvalue weighted by Crippen LogP contribution is 2.25. The summed E-state index contributed by atoms with van der Waals surface area (Å²) in [6, 6.07) is 6.10. The Morgan fingerprint density at radius 2 is 2.33 bits per heavy atom. The Hall–Kier alpha value is -1.58. The van der Waals surface area contributed by atoms with Crippen LogP contribution >= 0.6 is 23.5 Å². The number of carboxylic acid groups (broad SMARTS) is 1. The minimum absolute atomic E-state index is 0.0137. The van der Waals surface area contributed by atoms with Crippen LogP contribution in [0.15, 0.2) is 23.4 Å². The van der Waals surface area contributed by atoms with Crippen molar-refractivity contribution in [2.45, 2.75) is 18.6 Å². The molecule has 0 fully saturated rings. The van der Waals surface area contributed by atoms with Gasteiger partial charge in [-0.25, -0.2) is 4.98 Å². The van der Waals surface area contributed by atoms with Crippen LogP contribution < -0.4 is 0 Å². The topological polar surface area (TPSA) is 55.1 Å². The van der Waals surface area contributed by atoms with Crippen LogP contribution in [0, 0.1) is 19.3 Å². The Bertz CT molecular complexity index is 689. The third-order valence-corrected chi connectivity index (χ3v) is 4.64. The van der Waals surface area contributed by atoms with Crippen LogP contribution in [0.5, 0.6) is 0 Å². The Kier molecular flexibility index (Phi) is 5.59. The number of hydrogen-bond acceptors (Lipinski definition) is 4. The Morgan fingerprint density at radius 3 is 3.05 bits per heavy atom. The molecule has 110 valence electrons. The number of nitrogens with zero attached hydrogens (tertiary/aromatic N) is 2. The lowest BCUT2D eigenvalue weighted by molar-refractivity contribution is -0.133. The number of aromatic nitrogens is 2. The second-order valence-corrected chi connectivity index (χ2v) is 6.52. The van der Waals surface area contributed by atoms with Crippen LogP contribution in [-0.2, 0) is 11.3 Å². The highest BCUT2D eigenvalue weighted by molar-refractivity contribution is 8.00. The Morgan fingerprint density at radius 1 is 1.52 bits per heavy atom. The van der Waals surface area contributed by atoms with Gasteiger partial charge >= 0.3 is 5.97 Å². The maximum absolute atomic E-state index is 10.8. The van der Waals surface area contributed by atoms with Crippen molar-refractivity contribution >= 4 is 40.5 Å². The molecule has 0 unspecified atom stereocenters. The van der Waals surface area contributed by atoms with Gasteiger partial charge in [0.25, 0.3) is 0 Å². The summed E-state index contributed by atoms with van der Waals surface area (Å²) in [5.41, 5.74) is 3.09. The molecule has 0 radical (unpaired) electrons. The SMILES string of the molecule is C#CCSCCn1c(SCC(=O)O)nc2cc(C)ccc21. The second-order valence-electron chi connectivity index (χ2n) is 4.48. The molecule has 0 saturated heterocycles. The molecule has 1 aromatic carbocycles. The lowest BCUT2D eigenvalue weighted by Crippen LogP contribution is -2.05. The number of rotatable bonds is 7. The first-order chi connectivity index (χ1) is 10.1. The van der Waals surface area contributed by atoms with Gasteiger partial charge < -0.3 is 9.67 Å². The van der Waals surface area contributed by atoms with E-state index in [9.17, 15) is 4.79 Å². The van der Waals surface area contributed by atoms with Crippen molar-refractivity contribution in [3.63, 3.8) is 0 Å². The van der Waals surface area contributed by atoms with E-state index >= 15 is 0 Å². The highest BCUT2D eigenvalue weighted by Gasteiger charge is 2.12. The standard InChI is InChI=1S/C15H16N2O2S2/c1-3-7-20-8-6-17-13-5-4-11(2)9-12(13)16-15(17)21-10-14(18)19/h1,4-5,9H,6-8,10H2,2H3,(H,18,19). The number of aryl methyl sites for hydroxylation is 2. The monoisotopic (exact) mass is 320 g/mol. The van der Waals surface area contributed by atoms with Gasteiger partial charge in [0.05, 0.1) is 22.5 Å². The summed E-state index contributed by atoms with van der Waals surface area (Å²) in [6.07, 6.45) is 5.25. The van der Waals surface area contributed by atoms with Crippen LogP contribution in [0.4, 0.5) is 0 Å². The summed E-state index contributed by atoms with van der Waals surface area (Å²) in [5.74, 6) is 3.34. The number of thioether (sulfide) groups is 2. The molecule has 0 aliphatic carbocycles. The number of hydrogen-bond donors (Lipinski definition) is 1. The molecular weight excluding hydrogens is 304 g/mol. The van der Waals surface area contributed by atoms with Gasteiger partial charge in [0, 0.05) is 12.3 Å². The van der Waals surface area contributed by atoms with Gasteiger partial charge in [0.1, 0.15) is 0 Å². The smallest absolute Gasteiger partial charge is 0.313 e. The van der Waals surface area contributed by atoms with E-state index in [2.05, 4.69) is 15.5 Å². The molecule has 1 aromatic heterocycles. The zero-order valence-corrected chi connectivity index (χ0v) is 13.3. The fourth-order valence-electron chi connectivity index (χ4n) is 1.96. The van der Waals surface area contributed by atoms with Crippen LogP contribution in [0.25, 0.3) is 11.0 Å².